The molecular formula is C15H28Si. The average Bonchev–Trinajstić information content (AvgIpc) is 2.24. The molecule has 0 nitrogen and oxygen atoms in total. The second-order valence-electron chi connectivity index (χ2n) is 6.40. The van der Waals surface area contributed by atoms with Crippen LogP contribution < -0.4 is 0 Å². The van der Waals surface area contributed by atoms with Crippen LogP contribution in [0.25, 0.3) is 0 Å². The van der Waals surface area contributed by atoms with E-state index in [4.69, 9.17) is 0 Å². The van der Waals surface area contributed by atoms with Crippen molar-refractivity contribution in [2.75, 3.05) is 0 Å². The molecule has 92 valence electrons. The van der Waals surface area contributed by atoms with Crippen LogP contribution >= 0.6 is 0 Å². The third kappa shape index (κ3) is 5.69. The summed E-state index contributed by atoms with van der Waals surface area (Å²) in [4.78, 5) is 0. The first-order valence-electron chi connectivity index (χ1n) is 6.84. The monoisotopic (exact) mass is 236 g/mol. The zero-order valence-electron chi connectivity index (χ0n) is 11.4. The van der Waals surface area contributed by atoms with Crippen LogP contribution in [0.5, 0.6) is 0 Å². The van der Waals surface area contributed by atoms with Crippen LogP contribution in [-0.2, 0) is 0 Å². The first-order valence-corrected chi connectivity index (χ1v) is 10.5. The van der Waals surface area contributed by atoms with Gasteiger partial charge in [0.05, 0.1) is 0 Å². The van der Waals surface area contributed by atoms with Crippen molar-refractivity contribution >= 4 is 8.07 Å². The lowest BCUT2D eigenvalue weighted by Gasteiger charge is -2.20. The van der Waals surface area contributed by atoms with Crippen LogP contribution in [0, 0.1) is 5.92 Å². The molecule has 1 saturated carbocycles. The Kier molecular flexibility index (Phi) is 5.54. The molecule has 1 fully saturated rings. The Morgan fingerprint density at radius 1 is 1.19 bits per heavy atom. The lowest BCUT2D eigenvalue weighted by molar-refractivity contribution is 0.418. The van der Waals surface area contributed by atoms with Gasteiger partial charge in [0.1, 0.15) is 0 Å². The zero-order chi connectivity index (χ0) is 12.0. The van der Waals surface area contributed by atoms with E-state index in [1.54, 1.807) is 0 Å². The van der Waals surface area contributed by atoms with E-state index in [1.165, 1.54) is 50.1 Å². The average molecular weight is 236 g/mol. The lowest BCUT2D eigenvalue weighted by Crippen LogP contribution is -2.19. The predicted molar refractivity (Wildman–Crippen MR) is 77.6 cm³/mol. The molecule has 0 aromatic rings. The fraction of sp³-hybridized carbons (Fsp3) is 0.733. The van der Waals surface area contributed by atoms with Gasteiger partial charge in [-0.2, -0.15) is 0 Å². The van der Waals surface area contributed by atoms with Crippen molar-refractivity contribution in [1.82, 2.24) is 0 Å². The van der Waals surface area contributed by atoms with Crippen molar-refractivity contribution < 1.29 is 0 Å². The minimum Gasteiger partial charge on any atom is -0.0988 e. The second kappa shape index (κ2) is 6.44. The molecule has 0 saturated heterocycles. The lowest BCUT2D eigenvalue weighted by atomic mass is 9.87. The van der Waals surface area contributed by atoms with Gasteiger partial charge >= 0.3 is 0 Å². The number of hydrogen-bond acceptors (Lipinski definition) is 0. The fourth-order valence-corrected chi connectivity index (χ4v) is 3.42. The van der Waals surface area contributed by atoms with Gasteiger partial charge in [-0.3, -0.25) is 0 Å². The van der Waals surface area contributed by atoms with E-state index < -0.39 is 8.07 Å². The van der Waals surface area contributed by atoms with Gasteiger partial charge in [-0.15, -0.1) is 0 Å². The Bertz CT molecular complexity index is 239. The van der Waals surface area contributed by atoms with E-state index in [2.05, 4.69) is 38.4 Å². The van der Waals surface area contributed by atoms with Gasteiger partial charge in [-0.1, -0.05) is 69.3 Å². The maximum absolute atomic E-state index is 3.97. The maximum atomic E-state index is 3.97. The molecule has 0 aromatic carbocycles. The van der Waals surface area contributed by atoms with Crippen molar-refractivity contribution in [3.05, 3.63) is 24.3 Å². The summed E-state index contributed by atoms with van der Waals surface area (Å²) >= 11 is 0. The Morgan fingerprint density at radius 3 is 2.31 bits per heavy atom. The van der Waals surface area contributed by atoms with Crippen LogP contribution in [0.2, 0.25) is 25.7 Å². The molecule has 1 aliphatic rings. The molecule has 0 aromatic heterocycles. The van der Waals surface area contributed by atoms with Crippen molar-refractivity contribution in [2.45, 2.75) is 64.2 Å². The Labute approximate surface area is 103 Å². The molecule has 0 amide bonds. The molecule has 0 radical (unpaired) electrons. The van der Waals surface area contributed by atoms with Gasteiger partial charge in [-0.05, 0) is 25.2 Å². The van der Waals surface area contributed by atoms with Crippen LogP contribution in [0.15, 0.2) is 24.3 Å². The zero-order valence-corrected chi connectivity index (χ0v) is 12.4. The van der Waals surface area contributed by atoms with Crippen LogP contribution in [0.3, 0.4) is 0 Å². The van der Waals surface area contributed by atoms with E-state index in [0.29, 0.717) is 0 Å². The number of rotatable bonds is 5. The topological polar surface area (TPSA) is 0 Å². The normalized spacial score (nSPS) is 19.8. The Balaban J connectivity index is 2.45. The van der Waals surface area contributed by atoms with Gasteiger partial charge in [0, 0.05) is 8.07 Å². The highest BCUT2D eigenvalue weighted by atomic mass is 28.3. The van der Waals surface area contributed by atoms with Crippen molar-refractivity contribution in [2.24, 2.45) is 5.92 Å². The van der Waals surface area contributed by atoms with Crippen molar-refractivity contribution in [3.63, 3.8) is 0 Å². The standard InChI is InChI=1S/C15H28Si/c1-5-14(11-12-16(2,3)4)13-15-9-7-6-8-10-15/h5,13,15H,1,6-12H2,2-4H3/b14-13+. The number of allylic oxidation sites excluding steroid dienone is 3. The van der Waals surface area contributed by atoms with E-state index in [0.717, 1.165) is 5.92 Å². The molecule has 0 atom stereocenters. The van der Waals surface area contributed by atoms with Gasteiger partial charge < -0.3 is 0 Å². The van der Waals surface area contributed by atoms with Crippen LogP contribution in [0.4, 0.5) is 0 Å². The first-order chi connectivity index (χ1) is 7.51. The quantitative estimate of drug-likeness (QED) is 0.442. The predicted octanol–water partition coefficient (Wildman–Crippen LogP) is 5.41. The van der Waals surface area contributed by atoms with Gasteiger partial charge in [-0.25, -0.2) is 0 Å². The molecule has 1 rings (SSSR count). The molecule has 0 unspecified atom stereocenters. The summed E-state index contributed by atoms with van der Waals surface area (Å²) in [5.41, 5.74) is 1.51. The molecular weight excluding hydrogens is 208 g/mol. The van der Waals surface area contributed by atoms with Crippen molar-refractivity contribution in [1.29, 1.82) is 0 Å². The van der Waals surface area contributed by atoms with E-state index >= 15 is 0 Å². The molecule has 0 heterocycles. The third-order valence-electron chi connectivity index (χ3n) is 3.53. The minimum absolute atomic E-state index is 0.850. The van der Waals surface area contributed by atoms with Crippen LogP contribution in [0.1, 0.15) is 38.5 Å². The summed E-state index contributed by atoms with van der Waals surface area (Å²) in [7, 11) is -0.891. The SMILES string of the molecule is C=C/C(=C\C1CCCCC1)CC[Si](C)(C)C. The van der Waals surface area contributed by atoms with Gasteiger partial charge in [0.25, 0.3) is 0 Å². The largest absolute Gasteiger partial charge is 0.0988 e. The molecule has 0 spiro atoms. The van der Waals surface area contributed by atoms with E-state index in [1.807, 2.05) is 0 Å². The third-order valence-corrected chi connectivity index (χ3v) is 5.28. The molecule has 1 heteroatoms. The summed E-state index contributed by atoms with van der Waals surface area (Å²) in [5, 5.41) is 0. The molecule has 0 aliphatic heterocycles. The minimum atomic E-state index is -0.891. The van der Waals surface area contributed by atoms with E-state index in [-0.39, 0.29) is 0 Å². The molecule has 0 bridgehead atoms. The summed E-state index contributed by atoms with van der Waals surface area (Å²) in [6.07, 6.45) is 13.0. The van der Waals surface area contributed by atoms with Crippen molar-refractivity contribution in [3.8, 4) is 0 Å². The van der Waals surface area contributed by atoms with Gasteiger partial charge in [0.15, 0.2) is 0 Å². The summed E-state index contributed by atoms with van der Waals surface area (Å²) < 4.78 is 0. The highest BCUT2D eigenvalue weighted by Gasteiger charge is 2.14. The van der Waals surface area contributed by atoms with E-state index in [9.17, 15) is 0 Å². The maximum Gasteiger partial charge on any atom is 0.0445 e. The Hall–Kier alpha value is -0.303. The summed E-state index contributed by atoms with van der Waals surface area (Å²) in [6, 6.07) is 1.40. The van der Waals surface area contributed by atoms with Gasteiger partial charge in [0.2, 0.25) is 0 Å². The molecule has 1 aliphatic carbocycles. The first kappa shape index (κ1) is 13.8. The highest BCUT2D eigenvalue weighted by molar-refractivity contribution is 6.76. The molecule has 16 heavy (non-hydrogen) atoms. The highest BCUT2D eigenvalue weighted by Crippen LogP contribution is 2.27. The summed E-state index contributed by atoms with van der Waals surface area (Å²) in [6.45, 7) is 11.3. The fourth-order valence-electron chi connectivity index (χ4n) is 2.38. The Morgan fingerprint density at radius 2 is 1.81 bits per heavy atom. The second-order valence-corrected chi connectivity index (χ2v) is 12.0. The number of hydrogen-bond donors (Lipinski definition) is 0. The van der Waals surface area contributed by atoms with Crippen LogP contribution in [-0.4, -0.2) is 8.07 Å². The molecule has 0 N–H and O–H groups in total. The summed E-state index contributed by atoms with van der Waals surface area (Å²) in [5.74, 6) is 0.850. The smallest absolute Gasteiger partial charge is 0.0445 e.